The Hall–Kier alpha value is -2.60. The Morgan fingerprint density at radius 2 is 2.12 bits per heavy atom. The number of carbonyl (C=O) groups is 1. The van der Waals surface area contributed by atoms with Crippen molar-refractivity contribution in [3.63, 3.8) is 0 Å². The van der Waals surface area contributed by atoms with Gasteiger partial charge in [0.15, 0.2) is 0 Å². The average molecular weight is 328 g/mol. The van der Waals surface area contributed by atoms with Gasteiger partial charge in [-0.25, -0.2) is 0 Å². The van der Waals surface area contributed by atoms with Crippen molar-refractivity contribution in [1.29, 1.82) is 0 Å². The van der Waals surface area contributed by atoms with Gasteiger partial charge in [0.25, 0.3) is 11.5 Å². The summed E-state index contributed by atoms with van der Waals surface area (Å²) >= 11 is 0. The zero-order chi connectivity index (χ0) is 16.8. The van der Waals surface area contributed by atoms with Crippen LogP contribution in [-0.2, 0) is 11.3 Å². The number of pyridine rings is 1. The minimum absolute atomic E-state index is 0.106. The van der Waals surface area contributed by atoms with Gasteiger partial charge in [0.1, 0.15) is 17.9 Å². The first kappa shape index (κ1) is 16.3. The molecule has 0 bridgehead atoms. The van der Waals surface area contributed by atoms with Crippen molar-refractivity contribution < 1.29 is 14.3 Å². The number of amides is 1. The summed E-state index contributed by atoms with van der Waals surface area (Å²) < 4.78 is 11.2. The highest BCUT2D eigenvalue weighted by atomic mass is 16.5. The van der Waals surface area contributed by atoms with Crippen LogP contribution in [0.3, 0.4) is 0 Å². The number of H-pyrrole nitrogens is 1. The quantitative estimate of drug-likeness (QED) is 0.848. The molecule has 2 N–H and O–H groups in total. The normalized spacial score (nSPS) is 16.8. The van der Waals surface area contributed by atoms with Crippen molar-refractivity contribution in [2.75, 3.05) is 13.2 Å². The maximum absolute atomic E-state index is 12.0. The van der Waals surface area contributed by atoms with E-state index in [0.717, 1.165) is 30.8 Å². The third kappa shape index (κ3) is 4.23. The van der Waals surface area contributed by atoms with Gasteiger partial charge in [0, 0.05) is 19.3 Å². The molecule has 1 atom stereocenters. The second-order valence-corrected chi connectivity index (χ2v) is 5.69. The zero-order valence-electron chi connectivity index (χ0n) is 13.3. The number of benzene rings is 1. The standard InChI is InChI=1S/C18H20N2O4/c21-17-16(4-1-9-19-17)18(22)20-11-13-5-7-14(8-6-13)24-12-15-3-2-10-23-15/h1,4-9,15H,2-3,10-12H2,(H,19,21)(H,20,22)/t15-/m0/s1. The van der Waals surface area contributed by atoms with Crippen molar-refractivity contribution in [1.82, 2.24) is 10.3 Å². The molecular weight excluding hydrogens is 308 g/mol. The van der Waals surface area contributed by atoms with Crippen LogP contribution in [0.1, 0.15) is 28.8 Å². The Morgan fingerprint density at radius 3 is 2.83 bits per heavy atom. The minimum Gasteiger partial charge on any atom is -0.491 e. The molecule has 2 aromatic rings. The lowest BCUT2D eigenvalue weighted by Gasteiger charge is -2.12. The van der Waals surface area contributed by atoms with Gasteiger partial charge in [-0.3, -0.25) is 9.59 Å². The Kier molecular flexibility index (Phi) is 5.28. The van der Waals surface area contributed by atoms with Crippen molar-refractivity contribution in [3.05, 3.63) is 64.1 Å². The molecule has 0 spiro atoms. The SMILES string of the molecule is O=C(NCc1ccc(OC[C@@H]2CCCO2)cc1)c1ccc[nH]c1=O. The van der Waals surface area contributed by atoms with Gasteiger partial charge in [0.05, 0.1) is 6.10 Å². The van der Waals surface area contributed by atoms with E-state index in [1.165, 1.54) is 12.3 Å². The van der Waals surface area contributed by atoms with E-state index in [0.29, 0.717) is 13.2 Å². The maximum Gasteiger partial charge on any atom is 0.260 e. The predicted molar refractivity (Wildman–Crippen MR) is 89.1 cm³/mol. The van der Waals surface area contributed by atoms with Gasteiger partial charge in [-0.15, -0.1) is 0 Å². The second kappa shape index (κ2) is 7.79. The van der Waals surface area contributed by atoms with Crippen molar-refractivity contribution in [2.45, 2.75) is 25.5 Å². The molecule has 1 saturated heterocycles. The van der Waals surface area contributed by atoms with Crippen LogP contribution in [0, 0.1) is 0 Å². The molecule has 24 heavy (non-hydrogen) atoms. The van der Waals surface area contributed by atoms with Crippen LogP contribution in [-0.4, -0.2) is 30.2 Å². The fourth-order valence-electron chi connectivity index (χ4n) is 2.55. The molecule has 1 aromatic carbocycles. The summed E-state index contributed by atoms with van der Waals surface area (Å²) in [6.07, 6.45) is 3.82. The lowest BCUT2D eigenvalue weighted by atomic mass is 10.2. The molecule has 6 heteroatoms. The molecule has 1 aromatic heterocycles. The molecular formula is C18H20N2O4. The number of aromatic amines is 1. The van der Waals surface area contributed by atoms with Crippen LogP contribution in [0.25, 0.3) is 0 Å². The average Bonchev–Trinajstić information content (AvgIpc) is 3.13. The zero-order valence-corrected chi connectivity index (χ0v) is 13.3. The number of aromatic nitrogens is 1. The highest BCUT2D eigenvalue weighted by molar-refractivity contribution is 5.93. The van der Waals surface area contributed by atoms with Crippen LogP contribution in [0.2, 0.25) is 0 Å². The fourth-order valence-corrected chi connectivity index (χ4v) is 2.55. The lowest BCUT2D eigenvalue weighted by Crippen LogP contribution is -2.28. The first-order valence-corrected chi connectivity index (χ1v) is 8.01. The number of rotatable bonds is 6. The van der Waals surface area contributed by atoms with Gasteiger partial charge in [-0.2, -0.15) is 0 Å². The number of ether oxygens (including phenoxy) is 2. The first-order chi connectivity index (χ1) is 11.7. The molecule has 1 aliphatic rings. The van der Waals surface area contributed by atoms with Crippen LogP contribution in [0.15, 0.2) is 47.4 Å². The molecule has 0 radical (unpaired) electrons. The summed E-state index contributed by atoms with van der Waals surface area (Å²) in [6, 6.07) is 10.6. The smallest absolute Gasteiger partial charge is 0.260 e. The number of hydrogen-bond acceptors (Lipinski definition) is 4. The van der Waals surface area contributed by atoms with Gasteiger partial charge < -0.3 is 19.8 Å². The van der Waals surface area contributed by atoms with Gasteiger partial charge in [0.2, 0.25) is 0 Å². The van der Waals surface area contributed by atoms with E-state index in [1.807, 2.05) is 24.3 Å². The van der Waals surface area contributed by atoms with Gasteiger partial charge >= 0.3 is 0 Å². The molecule has 126 valence electrons. The summed E-state index contributed by atoms with van der Waals surface area (Å²) in [4.78, 5) is 26.0. The summed E-state index contributed by atoms with van der Waals surface area (Å²) in [5.41, 5.74) is 0.641. The molecule has 3 rings (SSSR count). The minimum atomic E-state index is -0.395. The van der Waals surface area contributed by atoms with Crippen LogP contribution in [0.5, 0.6) is 5.75 Å². The number of nitrogens with one attached hydrogen (secondary N) is 2. The van der Waals surface area contributed by atoms with Gasteiger partial charge in [-0.05, 0) is 42.7 Å². The Labute approximate surface area is 139 Å². The van der Waals surface area contributed by atoms with E-state index < -0.39 is 11.5 Å². The number of carbonyl (C=O) groups excluding carboxylic acids is 1. The van der Waals surface area contributed by atoms with Crippen LogP contribution in [0.4, 0.5) is 0 Å². The van der Waals surface area contributed by atoms with E-state index >= 15 is 0 Å². The molecule has 1 aliphatic heterocycles. The molecule has 0 aliphatic carbocycles. The molecule has 1 amide bonds. The fraction of sp³-hybridized carbons (Fsp3) is 0.333. The first-order valence-electron chi connectivity index (χ1n) is 8.01. The molecule has 0 unspecified atom stereocenters. The maximum atomic E-state index is 12.0. The monoisotopic (exact) mass is 328 g/mol. The highest BCUT2D eigenvalue weighted by Crippen LogP contribution is 2.16. The van der Waals surface area contributed by atoms with E-state index in [2.05, 4.69) is 10.3 Å². The van der Waals surface area contributed by atoms with Crippen LogP contribution >= 0.6 is 0 Å². The molecule has 0 saturated carbocycles. The number of hydrogen-bond donors (Lipinski definition) is 2. The van der Waals surface area contributed by atoms with Crippen molar-refractivity contribution in [2.24, 2.45) is 0 Å². The van der Waals surface area contributed by atoms with E-state index in [9.17, 15) is 9.59 Å². The predicted octanol–water partition coefficient (Wildman–Crippen LogP) is 1.86. The second-order valence-electron chi connectivity index (χ2n) is 5.69. The van der Waals surface area contributed by atoms with E-state index in [4.69, 9.17) is 9.47 Å². The Morgan fingerprint density at radius 1 is 1.29 bits per heavy atom. The summed E-state index contributed by atoms with van der Waals surface area (Å²) in [6.45, 7) is 1.73. The van der Waals surface area contributed by atoms with E-state index in [-0.39, 0.29) is 11.7 Å². The summed E-state index contributed by atoms with van der Waals surface area (Å²) in [5, 5.41) is 2.73. The van der Waals surface area contributed by atoms with Crippen LogP contribution < -0.4 is 15.6 Å². The third-order valence-electron chi connectivity index (χ3n) is 3.90. The van der Waals surface area contributed by atoms with Crippen molar-refractivity contribution in [3.8, 4) is 5.75 Å². The largest absolute Gasteiger partial charge is 0.491 e. The molecule has 6 nitrogen and oxygen atoms in total. The highest BCUT2D eigenvalue weighted by Gasteiger charge is 2.15. The van der Waals surface area contributed by atoms with E-state index in [1.54, 1.807) is 6.07 Å². The van der Waals surface area contributed by atoms with Crippen molar-refractivity contribution >= 4 is 5.91 Å². The molecule has 2 heterocycles. The molecule has 1 fully saturated rings. The lowest BCUT2D eigenvalue weighted by molar-refractivity contribution is 0.0679. The third-order valence-corrected chi connectivity index (χ3v) is 3.90. The Bertz CT molecular complexity index is 733. The topological polar surface area (TPSA) is 80.4 Å². The van der Waals surface area contributed by atoms with Gasteiger partial charge in [-0.1, -0.05) is 12.1 Å². The summed E-state index contributed by atoms with van der Waals surface area (Å²) in [7, 11) is 0. The Balaban J connectivity index is 1.50. The summed E-state index contributed by atoms with van der Waals surface area (Å²) in [5.74, 6) is 0.385.